The molecule has 0 aliphatic rings. The van der Waals surface area contributed by atoms with E-state index in [4.69, 9.17) is 4.74 Å². The highest BCUT2D eigenvalue weighted by Crippen LogP contribution is 2.35. The number of benzene rings is 1. The van der Waals surface area contributed by atoms with Gasteiger partial charge in [-0.15, -0.1) is 0 Å². The fourth-order valence-corrected chi connectivity index (χ4v) is 2.95. The van der Waals surface area contributed by atoms with Gasteiger partial charge in [0.05, 0.1) is 11.5 Å². The van der Waals surface area contributed by atoms with Gasteiger partial charge >= 0.3 is 18.0 Å². The summed E-state index contributed by atoms with van der Waals surface area (Å²) in [5.74, 6) is -4.17. The standard InChI is InChI=1S/C19H27N3O8/c1-4-30-16(24)15(13-6-5-7-14(10-13)22(28)29)19(8-9-23,17(25)26)21-18(27)20-11-12(2)3/h5-7,10,12,15,23H,4,8-9,11H2,1-3H3,(H,25,26)(H2,20,21,27). The average Bonchev–Trinajstić information content (AvgIpc) is 2.66. The number of urea groups is 1. The highest BCUT2D eigenvalue weighted by molar-refractivity contribution is 5.95. The van der Waals surface area contributed by atoms with E-state index in [9.17, 15) is 34.7 Å². The SMILES string of the molecule is CCOC(=O)C(c1cccc([N+](=O)[O-])c1)C(CCO)(NC(=O)NCC(C)C)C(=O)O. The minimum atomic E-state index is -2.31. The van der Waals surface area contributed by atoms with Crippen molar-refractivity contribution in [3.63, 3.8) is 0 Å². The second-order valence-corrected chi connectivity index (χ2v) is 7.02. The molecule has 2 amide bonds. The van der Waals surface area contributed by atoms with Gasteiger partial charge in [0.2, 0.25) is 0 Å². The van der Waals surface area contributed by atoms with Gasteiger partial charge in [0, 0.05) is 31.7 Å². The van der Waals surface area contributed by atoms with E-state index in [1.54, 1.807) is 0 Å². The minimum absolute atomic E-state index is 0.0392. The molecule has 30 heavy (non-hydrogen) atoms. The van der Waals surface area contributed by atoms with E-state index in [0.717, 1.165) is 6.07 Å². The molecule has 0 saturated carbocycles. The Labute approximate surface area is 173 Å². The van der Waals surface area contributed by atoms with Gasteiger partial charge in [-0.25, -0.2) is 9.59 Å². The van der Waals surface area contributed by atoms with Crippen molar-refractivity contribution in [1.82, 2.24) is 10.6 Å². The zero-order valence-electron chi connectivity index (χ0n) is 17.1. The molecule has 0 bridgehead atoms. The number of aliphatic hydroxyl groups is 1. The van der Waals surface area contributed by atoms with Gasteiger partial charge in [-0.05, 0) is 18.4 Å². The van der Waals surface area contributed by atoms with E-state index in [-0.39, 0.29) is 30.3 Å². The summed E-state index contributed by atoms with van der Waals surface area (Å²) in [5, 5.41) is 35.5. The van der Waals surface area contributed by atoms with Gasteiger partial charge in [-0.3, -0.25) is 14.9 Å². The average molecular weight is 425 g/mol. The number of nitro benzene ring substituents is 1. The topological polar surface area (TPSA) is 168 Å². The summed E-state index contributed by atoms with van der Waals surface area (Å²) in [5.41, 5.74) is -2.71. The molecule has 0 fully saturated rings. The maximum Gasteiger partial charge on any atom is 0.330 e. The molecule has 0 aliphatic heterocycles. The van der Waals surface area contributed by atoms with Gasteiger partial charge in [-0.1, -0.05) is 26.0 Å². The van der Waals surface area contributed by atoms with Crippen molar-refractivity contribution in [3.05, 3.63) is 39.9 Å². The number of carboxylic acid groups (broad SMARTS) is 1. The molecule has 1 rings (SSSR count). The number of carbonyl (C=O) groups excluding carboxylic acids is 2. The summed E-state index contributed by atoms with van der Waals surface area (Å²) in [7, 11) is 0. The fourth-order valence-electron chi connectivity index (χ4n) is 2.95. The van der Waals surface area contributed by atoms with Crippen LogP contribution < -0.4 is 10.6 Å². The highest BCUT2D eigenvalue weighted by atomic mass is 16.6. The molecule has 11 nitrogen and oxygen atoms in total. The van der Waals surface area contributed by atoms with Crippen LogP contribution in [-0.4, -0.2) is 58.4 Å². The molecule has 11 heteroatoms. The van der Waals surface area contributed by atoms with E-state index < -0.39 is 47.4 Å². The molecule has 0 spiro atoms. The number of aliphatic carboxylic acids is 1. The number of esters is 1. The Morgan fingerprint density at radius 3 is 2.47 bits per heavy atom. The normalized spacial score (nSPS) is 13.8. The molecule has 4 N–H and O–H groups in total. The Morgan fingerprint density at radius 2 is 1.97 bits per heavy atom. The van der Waals surface area contributed by atoms with Crippen molar-refractivity contribution in [1.29, 1.82) is 0 Å². The predicted molar refractivity (Wildman–Crippen MR) is 106 cm³/mol. The van der Waals surface area contributed by atoms with Gasteiger partial charge in [0.25, 0.3) is 5.69 Å². The van der Waals surface area contributed by atoms with Crippen molar-refractivity contribution >= 4 is 23.7 Å². The number of nitro groups is 1. The van der Waals surface area contributed by atoms with Crippen LogP contribution in [0, 0.1) is 16.0 Å². The second kappa shape index (κ2) is 11.1. The lowest BCUT2D eigenvalue weighted by Crippen LogP contribution is -2.63. The zero-order valence-corrected chi connectivity index (χ0v) is 17.1. The van der Waals surface area contributed by atoms with Crippen molar-refractivity contribution in [2.24, 2.45) is 5.92 Å². The Hall–Kier alpha value is -3.21. The molecule has 0 aromatic heterocycles. The molecule has 1 aromatic carbocycles. The van der Waals surface area contributed by atoms with Crippen LogP contribution in [0.25, 0.3) is 0 Å². The summed E-state index contributed by atoms with van der Waals surface area (Å²) in [4.78, 5) is 48.0. The van der Waals surface area contributed by atoms with Gasteiger partial charge < -0.3 is 25.6 Å². The minimum Gasteiger partial charge on any atom is -0.479 e. The Balaban J connectivity index is 3.57. The quantitative estimate of drug-likeness (QED) is 0.234. The number of aliphatic hydroxyl groups excluding tert-OH is 1. The van der Waals surface area contributed by atoms with Gasteiger partial charge in [0.15, 0.2) is 5.54 Å². The first-order chi connectivity index (χ1) is 14.1. The summed E-state index contributed by atoms with van der Waals surface area (Å²) in [6.45, 7) is 4.66. The third kappa shape index (κ3) is 6.14. The number of hydrogen-bond acceptors (Lipinski definition) is 7. The monoisotopic (exact) mass is 425 g/mol. The van der Waals surface area contributed by atoms with E-state index in [0.29, 0.717) is 0 Å². The van der Waals surface area contributed by atoms with E-state index in [1.165, 1.54) is 25.1 Å². The molecule has 2 atom stereocenters. The third-order valence-electron chi connectivity index (χ3n) is 4.32. The third-order valence-corrected chi connectivity index (χ3v) is 4.32. The largest absolute Gasteiger partial charge is 0.479 e. The van der Waals surface area contributed by atoms with Crippen molar-refractivity contribution < 1.29 is 34.3 Å². The number of ether oxygens (including phenoxy) is 1. The van der Waals surface area contributed by atoms with Crippen molar-refractivity contribution in [2.75, 3.05) is 19.8 Å². The summed E-state index contributed by atoms with van der Waals surface area (Å²) in [6.07, 6.45) is -0.538. The van der Waals surface area contributed by atoms with Gasteiger partial charge in [-0.2, -0.15) is 0 Å². The Morgan fingerprint density at radius 1 is 1.30 bits per heavy atom. The number of rotatable bonds is 11. The van der Waals surface area contributed by atoms with Crippen molar-refractivity contribution in [2.45, 2.75) is 38.6 Å². The van der Waals surface area contributed by atoms with Crippen LogP contribution >= 0.6 is 0 Å². The first-order valence-corrected chi connectivity index (χ1v) is 9.40. The van der Waals surface area contributed by atoms with E-state index in [1.807, 2.05) is 13.8 Å². The van der Waals surface area contributed by atoms with Crippen molar-refractivity contribution in [3.8, 4) is 0 Å². The molecule has 1 aromatic rings. The van der Waals surface area contributed by atoms with E-state index >= 15 is 0 Å². The number of non-ortho nitro benzene ring substituents is 1. The molecular formula is C19H27N3O8. The van der Waals surface area contributed by atoms with Crippen LogP contribution in [-0.2, 0) is 14.3 Å². The Kier molecular flexibility index (Phi) is 9.18. The maximum absolute atomic E-state index is 12.8. The first kappa shape index (κ1) is 24.8. The number of carboxylic acids is 1. The lowest BCUT2D eigenvalue weighted by molar-refractivity contribution is -0.384. The Bertz CT molecular complexity index is 783. The number of carbonyl (C=O) groups is 3. The van der Waals surface area contributed by atoms with Crippen LogP contribution in [0.15, 0.2) is 24.3 Å². The molecule has 0 radical (unpaired) electrons. The van der Waals surface area contributed by atoms with Gasteiger partial charge in [0.1, 0.15) is 5.92 Å². The van der Waals surface area contributed by atoms with Crippen LogP contribution in [0.3, 0.4) is 0 Å². The lowest BCUT2D eigenvalue weighted by Gasteiger charge is -2.36. The second-order valence-electron chi connectivity index (χ2n) is 7.02. The number of amides is 2. The fraction of sp³-hybridized carbons (Fsp3) is 0.526. The summed E-state index contributed by atoms with van der Waals surface area (Å²) in [6, 6.07) is 3.99. The lowest BCUT2D eigenvalue weighted by atomic mass is 9.76. The predicted octanol–water partition coefficient (Wildman–Crippen LogP) is 1.40. The maximum atomic E-state index is 12.8. The first-order valence-electron chi connectivity index (χ1n) is 9.40. The molecular weight excluding hydrogens is 398 g/mol. The smallest absolute Gasteiger partial charge is 0.330 e. The number of nitrogens with zero attached hydrogens (tertiary/aromatic N) is 1. The summed E-state index contributed by atoms with van der Waals surface area (Å²) >= 11 is 0. The van der Waals surface area contributed by atoms with Crippen LogP contribution in [0.1, 0.15) is 38.7 Å². The van der Waals surface area contributed by atoms with Crippen LogP contribution in [0.2, 0.25) is 0 Å². The molecule has 166 valence electrons. The molecule has 0 heterocycles. The number of hydrogen-bond donors (Lipinski definition) is 4. The molecule has 0 saturated heterocycles. The zero-order chi connectivity index (χ0) is 22.9. The van der Waals surface area contributed by atoms with Crippen LogP contribution in [0.4, 0.5) is 10.5 Å². The van der Waals surface area contributed by atoms with Crippen LogP contribution in [0.5, 0.6) is 0 Å². The summed E-state index contributed by atoms with van der Waals surface area (Å²) < 4.78 is 5.02. The highest BCUT2D eigenvalue weighted by Gasteiger charge is 2.52. The molecule has 0 aliphatic carbocycles. The molecule has 2 unspecified atom stereocenters. The van der Waals surface area contributed by atoms with E-state index in [2.05, 4.69) is 10.6 Å². The number of nitrogens with one attached hydrogen (secondary N) is 2.